The fourth-order valence-corrected chi connectivity index (χ4v) is 3.26. The minimum atomic E-state index is -0.825. The third kappa shape index (κ3) is 4.24. The number of carbonyl (C=O) groups is 4. The van der Waals surface area contributed by atoms with E-state index in [0.29, 0.717) is 16.8 Å². The molecule has 9 heteroatoms. The van der Waals surface area contributed by atoms with Crippen LogP contribution < -0.4 is 19.7 Å². The Hall–Kier alpha value is -4.66. The number of imide groups is 2. The van der Waals surface area contributed by atoms with Crippen LogP contribution in [-0.4, -0.2) is 30.9 Å². The lowest BCUT2D eigenvalue weighted by Crippen LogP contribution is -2.54. The van der Waals surface area contributed by atoms with E-state index in [9.17, 15) is 19.2 Å². The number of esters is 1. The van der Waals surface area contributed by atoms with Crippen molar-refractivity contribution in [3.8, 4) is 11.5 Å². The number of aryl methyl sites for hydroxylation is 1. The number of barbiturate groups is 1. The molecule has 1 fully saturated rings. The van der Waals surface area contributed by atoms with Crippen molar-refractivity contribution in [1.29, 1.82) is 0 Å². The van der Waals surface area contributed by atoms with E-state index in [1.165, 1.54) is 43.7 Å². The average molecular weight is 446 g/mol. The summed E-state index contributed by atoms with van der Waals surface area (Å²) in [6, 6.07) is 13.5. The van der Waals surface area contributed by atoms with Crippen LogP contribution in [0.15, 0.2) is 70.9 Å². The van der Waals surface area contributed by atoms with Crippen molar-refractivity contribution in [3.05, 3.63) is 83.3 Å². The number of anilines is 1. The van der Waals surface area contributed by atoms with Crippen LogP contribution in [0.2, 0.25) is 0 Å². The highest BCUT2D eigenvalue weighted by molar-refractivity contribution is 6.39. The number of para-hydroxylation sites is 1. The molecule has 1 saturated heterocycles. The van der Waals surface area contributed by atoms with Crippen LogP contribution in [-0.2, 0) is 9.59 Å². The molecule has 0 unspecified atom stereocenters. The topological polar surface area (TPSA) is 115 Å². The van der Waals surface area contributed by atoms with Gasteiger partial charge >= 0.3 is 12.0 Å². The van der Waals surface area contributed by atoms with Crippen LogP contribution in [0.1, 0.15) is 21.7 Å². The number of nitrogens with zero attached hydrogens (tertiary/aromatic N) is 1. The fourth-order valence-electron chi connectivity index (χ4n) is 3.26. The summed E-state index contributed by atoms with van der Waals surface area (Å²) in [5.74, 6) is -1.95. The van der Waals surface area contributed by atoms with Crippen molar-refractivity contribution < 1.29 is 33.1 Å². The molecule has 0 radical (unpaired) electrons. The van der Waals surface area contributed by atoms with Gasteiger partial charge in [0.1, 0.15) is 5.57 Å². The van der Waals surface area contributed by atoms with Gasteiger partial charge < -0.3 is 13.9 Å². The van der Waals surface area contributed by atoms with Gasteiger partial charge in [0.2, 0.25) is 5.76 Å². The number of hydrogen-bond donors (Lipinski definition) is 1. The van der Waals surface area contributed by atoms with E-state index in [1.54, 1.807) is 37.3 Å². The monoisotopic (exact) mass is 446 g/mol. The Morgan fingerprint density at radius 1 is 1.03 bits per heavy atom. The van der Waals surface area contributed by atoms with Gasteiger partial charge in [0.25, 0.3) is 11.8 Å². The summed E-state index contributed by atoms with van der Waals surface area (Å²) >= 11 is 0. The molecule has 1 aliphatic rings. The Labute approximate surface area is 188 Å². The minimum Gasteiger partial charge on any atom is -0.493 e. The smallest absolute Gasteiger partial charge is 0.379 e. The molecule has 0 saturated carbocycles. The first-order valence-electron chi connectivity index (χ1n) is 9.80. The molecule has 3 aromatic rings. The van der Waals surface area contributed by atoms with Gasteiger partial charge in [-0.05, 0) is 54.5 Å². The van der Waals surface area contributed by atoms with Crippen molar-refractivity contribution in [1.82, 2.24) is 5.32 Å². The van der Waals surface area contributed by atoms with E-state index in [2.05, 4.69) is 5.32 Å². The second kappa shape index (κ2) is 8.83. The number of rotatable bonds is 5. The fraction of sp³-hybridized carbons (Fsp3) is 0.0833. The zero-order valence-electron chi connectivity index (χ0n) is 17.7. The standard InChI is InChI=1S/C24H18N2O7/c1-14-6-3-4-7-17(14)26-22(28)16(21(27)25-24(26)30)12-15-9-10-18(20(13-15)31-2)33-23(29)19-8-5-11-32-19/h3-13H,1-2H3,(H,25,27,30)/b16-12+. The largest absolute Gasteiger partial charge is 0.493 e. The van der Waals surface area contributed by atoms with Crippen molar-refractivity contribution in [2.75, 3.05) is 12.0 Å². The second-order valence-electron chi connectivity index (χ2n) is 7.02. The zero-order chi connectivity index (χ0) is 23.5. The highest BCUT2D eigenvalue weighted by atomic mass is 16.6. The van der Waals surface area contributed by atoms with Crippen LogP contribution in [0.25, 0.3) is 6.08 Å². The SMILES string of the molecule is COc1cc(/C=C2\C(=O)NC(=O)N(c3ccccc3C)C2=O)ccc1OC(=O)c1ccco1. The Morgan fingerprint density at radius 3 is 2.52 bits per heavy atom. The second-order valence-corrected chi connectivity index (χ2v) is 7.02. The number of methoxy groups -OCH3 is 1. The van der Waals surface area contributed by atoms with Gasteiger partial charge in [0.05, 0.1) is 19.1 Å². The van der Waals surface area contributed by atoms with Crippen LogP contribution in [0.3, 0.4) is 0 Å². The summed E-state index contributed by atoms with van der Waals surface area (Å²) in [5.41, 5.74) is 1.25. The minimum absolute atomic E-state index is 0.0219. The number of amides is 4. The maximum atomic E-state index is 13.1. The zero-order valence-corrected chi connectivity index (χ0v) is 17.7. The number of benzene rings is 2. The molecule has 1 N–H and O–H groups in total. The number of ether oxygens (including phenoxy) is 2. The van der Waals surface area contributed by atoms with E-state index < -0.39 is 23.8 Å². The lowest BCUT2D eigenvalue weighted by atomic mass is 10.1. The van der Waals surface area contributed by atoms with Gasteiger partial charge in [-0.2, -0.15) is 0 Å². The van der Waals surface area contributed by atoms with Crippen molar-refractivity contribution in [2.45, 2.75) is 6.92 Å². The summed E-state index contributed by atoms with van der Waals surface area (Å²) in [6.45, 7) is 1.75. The number of urea groups is 1. The maximum absolute atomic E-state index is 13.1. The van der Waals surface area contributed by atoms with E-state index in [0.717, 1.165) is 4.90 Å². The molecule has 2 aromatic carbocycles. The van der Waals surface area contributed by atoms with Crippen molar-refractivity contribution >= 4 is 35.6 Å². The van der Waals surface area contributed by atoms with Gasteiger partial charge in [-0.15, -0.1) is 0 Å². The number of carbonyl (C=O) groups excluding carboxylic acids is 4. The molecule has 33 heavy (non-hydrogen) atoms. The first kappa shape index (κ1) is 21.6. The first-order valence-corrected chi connectivity index (χ1v) is 9.80. The number of furan rings is 1. The van der Waals surface area contributed by atoms with Gasteiger partial charge in [-0.1, -0.05) is 24.3 Å². The van der Waals surface area contributed by atoms with Gasteiger partial charge in [0, 0.05) is 0 Å². The van der Waals surface area contributed by atoms with Crippen LogP contribution in [0.4, 0.5) is 10.5 Å². The highest BCUT2D eigenvalue weighted by Crippen LogP contribution is 2.31. The average Bonchev–Trinajstić information content (AvgIpc) is 3.34. The molecule has 0 aliphatic carbocycles. The molecular weight excluding hydrogens is 428 g/mol. The third-order valence-corrected chi connectivity index (χ3v) is 4.88. The summed E-state index contributed by atoms with van der Waals surface area (Å²) in [7, 11) is 1.38. The van der Waals surface area contributed by atoms with Crippen molar-refractivity contribution in [2.24, 2.45) is 0 Å². The molecule has 166 valence electrons. The van der Waals surface area contributed by atoms with Gasteiger partial charge in [-0.3, -0.25) is 14.9 Å². The normalized spacial score (nSPS) is 14.9. The van der Waals surface area contributed by atoms with E-state index >= 15 is 0 Å². The Morgan fingerprint density at radius 2 is 1.82 bits per heavy atom. The van der Waals surface area contributed by atoms with E-state index in [-0.39, 0.29) is 22.8 Å². The molecule has 1 aromatic heterocycles. The molecule has 2 heterocycles. The Bertz CT molecular complexity index is 1290. The quantitative estimate of drug-likeness (QED) is 0.276. The molecular formula is C24H18N2O7. The third-order valence-electron chi connectivity index (χ3n) is 4.88. The first-order chi connectivity index (χ1) is 15.9. The predicted molar refractivity (Wildman–Crippen MR) is 117 cm³/mol. The lowest BCUT2D eigenvalue weighted by Gasteiger charge is -2.27. The summed E-state index contributed by atoms with van der Waals surface area (Å²) in [5, 5.41) is 2.19. The maximum Gasteiger partial charge on any atom is 0.379 e. The molecule has 0 spiro atoms. The molecule has 0 bridgehead atoms. The summed E-state index contributed by atoms with van der Waals surface area (Å²) < 4.78 is 15.6. The van der Waals surface area contributed by atoms with E-state index in [1.807, 2.05) is 0 Å². The van der Waals surface area contributed by atoms with Crippen LogP contribution in [0, 0.1) is 6.92 Å². The molecule has 1 aliphatic heterocycles. The van der Waals surface area contributed by atoms with Gasteiger partial charge in [-0.25, -0.2) is 14.5 Å². The van der Waals surface area contributed by atoms with Crippen molar-refractivity contribution in [3.63, 3.8) is 0 Å². The van der Waals surface area contributed by atoms with Crippen LogP contribution >= 0.6 is 0 Å². The molecule has 0 atom stereocenters. The van der Waals surface area contributed by atoms with E-state index in [4.69, 9.17) is 13.9 Å². The Balaban J connectivity index is 1.65. The number of hydrogen-bond acceptors (Lipinski definition) is 7. The summed E-state index contributed by atoms with van der Waals surface area (Å²) in [6.07, 6.45) is 2.68. The predicted octanol–water partition coefficient (Wildman–Crippen LogP) is 3.48. The molecule has 4 rings (SSSR count). The molecule has 9 nitrogen and oxygen atoms in total. The van der Waals surface area contributed by atoms with Crippen LogP contribution in [0.5, 0.6) is 11.5 Å². The molecule has 4 amide bonds. The van der Waals surface area contributed by atoms with Gasteiger partial charge in [0.15, 0.2) is 11.5 Å². The highest BCUT2D eigenvalue weighted by Gasteiger charge is 2.37. The summed E-state index contributed by atoms with van der Waals surface area (Å²) in [4.78, 5) is 50.9. The number of nitrogens with one attached hydrogen (secondary N) is 1. The Kier molecular flexibility index (Phi) is 5.77. The lowest BCUT2D eigenvalue weighted by molar-refractivity contribution is -0.122.